The van der Waals surface area contributed by atoms with Crippen LogP contribution in [0.25, 0.3) is 0 Å². The minimum absolute atomic E-state index is 0.0173. The molecule has 23 heavy (non-hydrogen) atoms. The van der Waals surface area contributed by atoms with E-state index in [1.807, 2.05) is 6.92 Å². The molecule has 0 fully saturated rings. The maximum atomic E-state index is 12.7. The predicted molar refractivity (Wildman–Crippen MR) is 91.6 cm³/mol. The largest absolute Gasteiger partial charge is 0.478 e. The van der Waals surface area contributed by atoms with Gasteiger partial charge in [0.1, 0.15) is 5.25 Å². The Labute approximate surface area is 145 Å². The lowest BCUT2D eigenvalue weighted by Gasteiger charge is -2.26. The Hall–Kier alpha value is -1.24. The summed E-state index contributed by atoms with van der Waals surface area (Å²) < 4.78 is 27.7. The van der Waals surface area contributed by atoms with Crippen molar-refractivity contribution in [3.05, 3.63) is 39.4 Å². The SMILES string of the molecule is CCC1=C(C(=O)O)C(S(=O)(=O)Nc2ccc(Cl)cc2Cl)CCC1. The van der Waals surface area contributed by atoms with Crippen molar-refractivity contribution in [2.24, 2.45) is 0 Å². The van der Waals surface area contributed by atoms with E-state index in [1.54, 1.807) is 0 Å². The fourth-order valence-electron chi connectivity index (χ4n) is 2.77. The minimum atomic E-state index is -3.93. The molecule has 0 saturated carbocycles. The molecule has 1 atom stereocenters. The van der Waals surface area contributed by atoms with Gasteiger partial charge >= 0.3 is 5.97 Å². The molecular weight excluding hydrogens is 361 g/mol. The van der Waals surface area contributed by atoms with Crippen molar-refractivity contribution in [2.75, 3.05) is 4.72 Å². The number of hydrogen-bond acceptors (Lipinski definition) is 3. The van der Waals surface area contributed by atoms with Gasteiger partial charge in [-0.15, -0.1) is 0 Å². The van der Waals surface area contributed by atoms with Crippen LogP contribution in [0.15, 0.2) is 29.3 Å². The highest BCUT2D eigenvalue weighted by Crippen LogP contribution is 2.34. The second-order valence-electron chi connectivity index (χ2n) is 5.33. The number of aliphatic carboxylic acids is 1. The van der Waals surface area contributed by atoms with Gasteiger partial charge in [0.15, 0.2) is 0 Å². The number of nitrogens with one attached hydrogen (secondary N) is 1. The van der Waals surface area contributed by atoms with Crippen LogP contribution in [0.3, 0.4) is 0 Å². The van der Waals surface area contributed by atoms with Gasteiger partial charge in [0.25, 0.3) is 0 Å². The van der Waals surface area contributed by atoms with E-state index in [9.17, 15) is 18.3 Å². The molecule has 0 saturated heterocycles. The monoisotopic (exact) mass is 377 g/mol. The molecule has 1 aliphatic rings. The molecule has 0 amide bonds. The van der Waals surface area contributed by atoms with E-state index in [1.165, 1.54) is 18.2 Å². The molecule has 0 bridgehead atoms. The van der Waals surface area contributed by atoms with E-state index in [0.717, 1.165) is 0 Å². The van der Waals surface area contributed by atoms with Gasteiger partial charge in [-0.2, -0.15) is 0 Å². The quantitative estimate of drug-likeness (QED) is 0.809. The van der Waals surface area contributed by atoms with Gasteiger partial charge < -0.3 is 5.11 Å². The highest BCUT2D eigenvalue weighted by Gasteiger charge is 2.37. The highest BCUT2D eigenvalue weighted by atomic mass is 35.5. The van der Waals surface area contributed by atoms with Crippen LogP contribution >= 0.6 is 23.2 Å². The summed E-state index contributed by atoms with van der Waals surface area (Å²) in [6.45, 7) is 1.83. The summed E-state index contributed by atoms with van der Waals surface area (Å²) in [5.74, 6) is -1.18. The molecular formula is C15H17Cl2NO4S. The maximum Gasteiger partial charge on any atom is 0.332 e. The van der Waals surface area contributed by atoms with Gasteiger partial charge in [-0.1, -0.05) is 35.7 Å². The molecule has 126 valence electrons. The topological polar surface area (TPSA) is 83.5 Å². The number of benzene rings is 1. The number of rotatable bonds is 5. The average molecular weight is 378 g/mol. The summed E-state index contributed by atoms with van der Waals surface area (Å²) in [7, 11) is -3.93. The average Bonchev–Trinajstić information content (AvgIpc) is 2.49. The van der Waals surface area contributed by atoms with Crippen molar-refractivity contribution >= 4 is 44.9 Å². The fourth-order valence-corrected chi connectivity index (χ4v) is 4.96. The van der Waals surface area contributed by atoms with E-state index < -0.39 is 21.2 Å². The number of hydrogen-bond donors (Lipinski definition) is 2. The van der Waals surface area contributed by atoms with Crippen molar-refractivity contribution in [3.63, 3.8) is 0 Å². The Morgan fingerprint density at radius 3 is 2.65 bits per heavy atom. The number of carboxylic acids is 1. The molecule has 1 aromatic carbocycles. The van der Waals surface area contributed by atoms with Crippen molar-refractivity contribution < 1.29 is 18.3 Å². The molecule has 0 aromatic heterocycles. The minimum Gasteiger partial charge on any atom is -0.478 e. The highest BCUT2D eigenvalue weighted by molar-refractivity contribution is 7.93. The summed E-state index contributed by atoms with van der Waals surface area (Å²) in [6.07, 6.45) is 2.05. The Balaban J connectivity index is 2.40. The maximum absolute atomic E-state index is 12.7. The van der Waals surface area contributed by atoms with Crippen LogP contribution in [0.4, 0.5) is 5.69 Å². The molecule has 1 aliphatic carbocycles. The second-order valence-corrected chi connectivity index (χ2v) is 8.03. The van der Waals surface area contributed by atoms with Crippen LogP contribution < -0.4 is 4.72 Å². The van der Waals surface area contributed by atoms with Gasteiger partial charge in [0, 0.05) is 5.02 Å². The van der Waals surface area contributed by atoms with E-state index in [2.05, 4.69) is 4.72 Å². The number of carbonyl (C=O) groups is 1. The van der Waals surface area contributed by atoms with Gasteiger partial charge in [-0.05, 0) is 43.9 Å². The molecule has 0 spiro atoms. The van der Waals surface area contributed by atoms with Gasteiger partial charge in [-0.3, -0.25) is 4.72 Å². The zero-order valence-electron chi connectivity index (χ0n) is 12.5. The zero-order valence-corrected chi connectivity index (χ0v) is 14.8. The number of halogens is 2. The Bertz CT molecular complexity index is 759. The normalized spacial score (nSPS) is 18.8. The van der Waals surface area contributed by atoms with Crippen molar-refractivity contribution in [3.8, 4) is 0 Å². The van der Waals surface area contributed by atoms with Crippen molar-refractivity contribution in [1.82, 2.24) is 0 Å². The van der Waals surface area contributed by atoms with Gasteiger partial charge in [0.2, 0.25) is 10.0 Å². The van der Waals surface area contributed by atoms with E-state index in [0.29, 0.717) is 29.9 Å². The standard InChI is InChI=1S/C15H17Cl2NO4S/c1-2-9-4-3-5-13(14(9)15(19)20)23(21,22)18-12-7-6-10(16)8-11(12)17/h6-8,13,18H,2-5H2,1H3,(H,19,20). The smallest absolute Gasteiger partial charge is 0.332 e. The number of allylic oxidation sites excluding steroid dienone is 1. The summed E-state index contributed by atoms with van der Waals surface area (Å²) in [4.78, 5) is 11.6. The fraction of sp³-hybridized carbons (Fsp3) is 0.400. The number of sulfonamides is 1. The summed E-state index contributed by atoms with van der Waals surface area (Å²) in [6, 6.07) is 4.39. The van der Waals surface area contributed by atoms with E-state index in [-0.39, 0.29) is 22.7 Å². The third-order valence-corrected chi connectivity index (χ3v) is 6.14. The first-order chi connectivity index (χ1) is 10.8. The van der Waals surface area contributed by atoms with E-state index in [4.69, 9.17) is 23.2 Å². The molecule has 0 aliphatic heterocycles. The first kappa shape index (κ1) is 18.1. The molecule has 0 heterocycles. The molecule has 0 radical (unpaired) electrons. The third kappa shape index (κ3) is 4.00. The Morgan fingerprint density at radius 2 is 2.09 bits per heavy atom. The van der Waals surface area contributed by atoms with Crippen LogP contribution in [0.1, 0.15) is 32.6 Å². The third-order valence-electron chi connectivity index (χ3n) is 3.86. The molecule has 8 heteroatoms. The predicted octanol–water partition coefficient (Wildman–Crippen LogP) is 4.08. The first-order valence-corrected chi connectivity index (χ1v) is 9.48. The lowest BCUT2D eigenvalue weighted by Crippen LogP contribution is -2.35. The second kappa shape index (κ2) is 7.11. The summed E-state index contributed by atoms with van der Waals surface area (Å²) >= 11 is 11.8. The molecule has 5 nitrogen and oxygen atoms in total. The van der Waals surface area contributed by atoms with Crippen LogP contribution in [-0.4, -0.2) is 24.7 Å². The van der Waals surface area contributed by atoms with E-state index >= 15 is 0 Å². The van der Waals surface area contributed by atoms with Crippen LogP contribution in [0.5, 0.6) is 0 Å². The first-order valence-electron chi connectivity index (χ1n) is 7.18. The van der Waals surface area contributed by atoms with Crippen molar-refractivity contribution in [2.45, 2.75) is 37.9 Å². The van der Waals surface area contributed by atoms with Crippen LogP contribution in [-0.2, 0) is 14.8 Å². The lowest BCUT2D eigenvalue weighted by molar-refractivity contribution is -0.132. The van der Waals surface area contributed by atoms with Gasteiger partial charge in [-0.25, -0.2) is 13.2 Å². The van der Waals surface area contributed by atoms with Crippen LogP contribution in [0.2, 0.25) is 10.0 Å². The Kier molecular flexibility index (Phi) is 5.60. The number of carboxylic acid groups (broad SMARTS) is 1. The van der Waals surface area contributed by atoms with Gasteiger partial charge in [0.05, 0.1) is 16.3 Å². The molecule has 2 rings (SSSR count). The summed E-state index contributed by atoms with van der Waals surface area (Å²) in [5.41, 5.74) is 0.849. The van der Waals surface area contributed by atoms with Crippen molar-refractivity contribution in [1.29, 1.82) is 0 Å². The molecule has 1 aromatic rings. The molecule has 1 unspecified atom stereocenters. The summed E-state index contributed by atoms with van der Waals surface area (Å²) in [5, 5.41) is 8.89. The van der Waals surface area contributed by atoms with Crippen LogP contribution in [0, 0.1) is 0 Å². The zero-order chi connectivity index (χ0) is 17.2. The lowest BCUT2D eigenvalue weighted by atomic mass is 9.90. The molecule has 2 N–H and O–H groups in total. The Morgan fingerprint density at radius 1 is 1.39 bits per heavy atom. The number of anilines is 1.